The molecule has 0 unspecified atom stereocenters. The van der Waals surface area contributed by atoms with Crippen molar-refractivity contribution >= 4 is 12.3 Å². The minimum absolute atomic E-state index is 0. The average Bonchev–Trinajstić information content (AvgIpc) is 1.27. The predicted octanol–water partition coefficient (Wildman–Crippen LogP) is -9.13. The molecule has 0 aliphatic rings. The summed E-state index contributed by atoms with van der Waals surface area (Å²) in [4.78, 5) is 18.1. The molecular formula is C2H2Na2O6. The Labute approximate surface area is 100 Å². The summed E-state index contributed by atoms with van der Waals surface area (Å²) in [6, 6.07) is 0. The van der Waals surface area contributed by atoms with Gasteiger partial charge in [0.05, 0.1) is 0 Å². The van der Waals surface area contributed by atoms with Crippen molar-refractivity contribution in [1.29, 1.82) is 0 Å². The molecule has 0 aromatic heterocycles. The summed E-state index contributed by atoms with van der Waals surface area (Å²) in [5.74, 6) is 0. The zero-order valence-electron chi connectivity index (χ0n) is 5.54. The third kappa shape index (κ3) is 23.4. The van der Waals surface area contributed by atoms with Gasteiger partial charge in [0.25, 0.3) is 12.3 Å². The first-order valence-corrected chi connectivity index (χ1v) is 1.22. The fraction of sp³-hybridized carbons (Fsp3) is 0. The van der Waals surface area contributed by atoms with Crippen LogP contribution in [0.1, 0.15) is 0 Å². The molecule has 0 aromatic carbocycles. The zero-order chi connectivity index (χ0) is 5.86. The Morgan fingerprint density at radius 3 is 1.20 bits per heavy atom. The molecule has 2 N–H and O–H groups in total. The Hall–Kier alpha value is 0.700. The van der Waals surface area contributed by atoms with Gasteiger partial charge in [-0.1, -0.05) is 0 Å². The van der Waals surface area contributed by atoms with Crippen molar-refractivity contribution in [3.8, 4) is 0 Å². The molecule has 8 heteroatoms. The number of rotatable bonds is 0. The van der Waals surface area contributed by atoms with Gasteiger partial charge in [0.2, 0.25) is 0 Å². The third-order valence-electron chi connectivity index (χ3n) is 0.167. The molecule has 48 valence electrons. The average molecular weight is 168 g/mol. The van der Waals surface area contributed by atoms with Crippen LogP contribution in [0.25, 0.3) is 0 Å². The molecule has 0 heterocycles. The number of carboxylic acid groups (broad SMARTS) is 2. The molecule has 0 aliphatic heterocycles. The Bertz CT molecular complexity index is 89.9. The summed E-state index contributed by atoms with van der Waals surface area (Å²) in [7, 11) is 0. The van der Waals surface area contributed by atoms with Crippen LogP contribution in [0.4, 0.5) is 9.59 Å². The van der Waals surface area contributed by atoms with E-state index in [1.165, 1.54) is 0 Å². The minimum Gasteiger partial charge on any atom is -0.483 e. The van der Waals surface area contributed by atoms with Crippen molar-refractivity contribution in [2.24, 2.45) is 0 Å². The van der Waals surface area contributed by atoms with Gasteiger partial charge in [-0.2, -0.15) is 0 Å². The van der Waals surface area contributed by atoms with E-state index in [-0.39, 0.29) is 64.6 Å². The zero-order valence-corrected chi connectivity index (χ0v) is 9.54. The maximum atomic E-state index is 9.06. The molecule has 0 aromatic rings. The van der Waals surface area contributed by atoms with Gasteiger partial charge < -0.3 is 30.0 Å². The van der Waals surface area contributed by atoms with E-state index in [1.807, 2.05) is 0 Å². The van der Waals surface area contributed by atoms with Crippen LogP contribution >= 0.6 is 0 Å². The van der Waals surface area contributed by atoms with Crippen LogP contribution in [-0.4, -0.2) is 17.8 Å². The van der Waals surface area contributed by atoms with Crippen LogP contribution in [-0.2, 0) is 4.74 Å². The number of hydrogen-bond donors (Lipinski definition) is 0. The van der Waals surface area contributed by atoms with Crippen molar-refractivity contribution in [3.63, 3.8) is 0 Å². The fourth-order valence-electron chi connectivity index (χ4n) is 0.0680. The molecule has 6 nitrogen and oxygen atoms in total. The SMILES string of the molecule is O.O=C([O-])OC(=O)[O-].[Na+].[Na+]. The largest absolute Gasteiger partial charge is 1.00 e. The van der Waals surface area contributed by atoms with Gasteiger partial charge in [-0.15, -0.1) is 0 Å². The van der Waals surface area contributed by atoms with E-state index in [0.29, 0.717) is 0 Å². The second-order valence-electron chi connectivity index (χ2n) is 0.602. The van der Waals surface area contributed by atoms with E-state index < -0.39 is 12.3 Å². The molecule has 0 fully saturated rings. The first kappa shape index (κ1) is 22.4. The summed E-state index contributed by atoms with van der Waals surface area (Å²) in [6.07, 6.45) is -4.25. The standard InChI is InChI=1S/C2H2O5.2Na.H2O/c3-1(4)7-2(5)6;;;/h(H,3,4)(H,5,6);;;1H2/q;2*+1;/p-2. The second kappa shape index (κ2) is 12.4. The monoisotopic (exact) mass is 168 g/mol. The maximum Gasteiger partial charge on any atom is 1.00 e. The number of ether oxygens (including phenoxy) is 1. The number of carbonyl (C=O) groups excluding carboxylic acids is 2. The molecule has 0 bridgehead atoms. The van der Waals surface area contributed by atoms with Gasteiger partial charge in [0.1, 0.15) is 0 Å². The van der Waals surface area contributed by atoms with Gasteiger partial charge in [-0.3, -0.25) is 0 Å². The van der Waals surface area contributed by atoms with E-state index in [4.69, 9.17) is 19.8 Å². The second-order valence-corrected chi connectivity index (χ2v) is 0.602. The maximum absolute atomic E-state index is 9.06. The molecule has 0 amide bonds. The molecule has 10 heavy (non-hydrogen) atoms. The Kier molecular flexibility index (Phi) is 27.8. The van der Waals surface area contributed by atoms with E-state index >= 15 is 0 Å². The molecule has 0 spiro atoms. The normalized spacial score (nSPS) is 5.20. The van der Waals surface area contributed by atoms with Crippen LogP contribution < -0.4 is 69.3 Å². The van der Waals surface area contributed by atoms with E-state index in [2.05, 4.69) is 4.74 Å². The molecule has 0 atom stereocenters. The van der Waals surface area contributed by atoms with Crippen molar-refractivity contribution < 1.29 is 89.1 Å². The summed E-state index contributed by atoms with van der Waals surface area (Å²) in [6.45, 7) is 0. The molecular weight excluding hydrogens is 166 g/mol. The molecule has 0 rings (SSSR count). The quantitative estimate of drug-likeness (QED) is 0.202. The first-order valence-electron chi connectivity index (χ1n) is 1.22. The molecule has 0 radical (unpaired) electrons. The summed E-state index contributed by atoms with van der Waals surface area (Å²) in [5, 5.41) is 18.1. The van der Waals surface area contributed by atoms with E-state index in [9.17, 15) is 0 Å². The number of hydrogen-bond acceptors (Lipinski definition) is 5. The number of carbonyl (C=O) groups is 2. The van der Waals surface area contributed by atoms with Gasteiger partial charge in [0, 0.05) is 0 Å². The molecule has 0 saturated carbocycles. The van der Waals surface area contributed by atoms with E-state index in [1.54, 1.807) is 0 Å². The smallest absolute Gasteiger partial charge is 0.483 e. The van der Waals surface area contributed by atoms with Crippen LogP contribution in [0.15, 0.2) is 0 Å². The first-order chi connectivity index (χ1) is 3.13. The van der Waals surface area contributed by atoms with Gasteiger partial charge >= 0.3 is 59.1 Å². The summed E-state index contributed by atoms with van der Waals surface area (Å²) < 4.78 is 2.86. The van der Waals surface area contributed by atoms with E-state index in [0.717, 1.165) is 0 Å². The van der Waals surface area contributed by atoms with Crippen LogP contribution in [0, 0.1) is 0 Å². The van der Waals surface area contributed by atoms with Crippen molar-refractivity contribution in [2.45, 2.75) is 0 Å². The van der Waals surface area contributed by atoms with Crippen molar-refractivity contribution in [1.82, 2.24) is 0 Å². The van der Waals surface area contributed by atoms with Gasteiger partial charge in [-0.25, -0.2) is 0 Å². The van der Waals surface area contributed by atoms with Crippen molar-refractivity contribution in [2.75, 3.05) is 0 Å². The summed E-state index contributed by atoms with van der Waals surface area (Å²) >= 11 is 0. The van der Waals surface area contributed by atoms with Crippen LogP contribution in [0.3, 0.4) is 0 Å². The minimum atomic E-state index is -2.12. The Morgan fingerprint density at radius 1 is 1.00 bits per heavy atom. The summed E-state index contributed by atoms with van der Waals surface area (Å²) in [5.41, 5.74) is 0. The van der Waals surface area contributed by atoms with Gasteiger partial charge in [0.15, 0.2) is 0 Å². The Morgan fingerprint density at radius 2 is 1.20 bits per heavy atom. The van der Waals surface area contributed by atoms with Gasteiger partial charge in [-0.05, 0) is 0 Å². The molecule has 0 aliphatic carbocycles. The van der Waals surface area contributed by atoms with Crippen LogP contribution in [0.5, 0.6) is 0 Å². The van der Waals surface area contributed by atoms with Crippen LogP contribution in [0.2, 0.25) is 0 Å². The van der Waals surface area contributed by atoms with Crippen molar-refractivity contribution in [3.05, 3.63) is 0 Å². The Balaban J connectivity index is -0.0000000600. The third-order valence-corrected chi connectivity index (χ3v) is 0.167. The fourth-order valence-corrected chi connectivity index (χ4v) is 0.0680. The predicted molar refractivity (Wildman–Crippen MR) is 15.5 cm³/mol. The molecule has 0 saturated heterocycles. The topological polar surface area (TPSA) is 121 Å².